The maximum absolute atomic E-state index is 12.8. The first-order chi connectivity index (χ1) is 12.4. The molecule has 1 amide bonds. The van der Waals surface area contributed by atoms with Gasteiger partial charge in [-0.2, -0.15) is 0 Å². The van der Waals surface area contributed by atoms with Gasteiger partial charge < -0.3 is 9.64 Å². The van der Waals surface area contributed by atoms with E-state index in [2.05, 4.69) is 25.8 Å². The summed E-state index contributed by atoms with van der Waals surface area (Å²) >= 11 is 3.32. The third kappa shape index (κ3) is 3.08. The first kappa shape index (κ1) is 18.3. The van der Waals surface area contributed by atoms with Crippen LogP contribution in [0.4, 0.5) is 0 Å². The van der Waals surface area contributed by atoms with E-state index >= 15 is 0 Å². The Kier molecular flexibility index (Phi) is 4.83. The topological polar surface area (TPSA) is 79.8 Å². The maximum atomic E-state index is 12.8. The van der Waals surface area contributed by atoms with Crippen molar-refractivity contribution in [3.8, 4) is 0 Å². The molecule has 1 aromatic rings. The van der Waals surface area contributed by atoms with Crippen molar-refractivity contribution in [2.24, 2.45) is 5.92 Å². The van der Waals surface area contributed by atoms with Crippen molar-refractivity contribution >= 4 is 31.7 Å². The molecule has 142 valence electrons. The van der Waals surface area contributed by atoms with Crippen LogP contribution in [0.15, 0.2) is 22.9 Å². The van der Waals surface area contributed by atoms with Gasteiger partial charge in [0.15, 0.2) is 9.84 Å². The maximum Gasteiger partial charge on any atom is 0.255 e. The van der Waals surface area contributed by atoms with Gasteiger partial charge in [-0.15, -0.1) is 0 Å². The van der Waals surface area contributed by atoms with Crippen molar-refractivity contribution in [2.45, 2.75) is 11.2 Å². The molecule has 1 aromatic heterocycles. The average molecular weight is 444 g/mol. The number of carbonyl (C=O) groups excluding carboxylic acids is 1. The number of nitrogens with zero attached hydrogens (tertiary/aromatic N) is 3. The Morgan fingerprint density at radius 3 is 2.73 bits per heavy atom. The van der Waals surface area contributed by atoms with Crippen LogP contribution in [0.2, 0.25) is 0 Å². The number of amides is 1. The largest absolute Gasteiger partial charge is 0.379 e. The highest BCUT2D eigenvalue weighted by Crippen LogP contribution is 2.45. The Bertz CT molecular complexity index is 804. The Balaban J connectivity index is 1.48. The molecule has 3 fully saturated rings. The molecule has 3 aliphatic rings. The number of ether oxygens (including phenoxy) is 1. The molecule has 4 heterocycles. The van der Waals surface area contributed by atoms with E-state index in [0.29, 0.717) is 25.2 Å². The number of halogens is 1. The molecule has 0 aromatic carbocycles. The third-order valence-corrected chi connectivity index (χ3v) is 8.87. The summed E-state index contributed by atoms with van der Waals surface area (Å²) in [4.78, 5) is 20.6. The van der Waals surface area contributed by atoms with Crippen molar-refractivity contribution < 1.29 is 17.9 Å². The first-order valence-electron chi connectivity index (χ1n) is 8.83. The molecule has 7 nitrogen and oxygen atoms in total. The standard InChI is InChI=1S/C17H22BrN3O4S/c18-15-7-13(8-19-9-15)16(22)21-11-17(12-21)14(1-6-26(17,23)24)10-20-2-4-25-5-3-20/h7-9,14H,1-6,10-12H2. The predicted octanol–water partition coefficient (Wildman–Crippen LogP) is 0.806. The SMILES string of the molecule is O=C(c1cncc(Br)c1)N1CC2(C1)C(CN1CCOCC1)CCS2(=O)=O. The summed E-state index contributed by atoms with van der Waals surface area (Å²) in [6.07, 6.45) is 3.82. The molecule has 0 aliphatic carbocycles. The normalized spacial score (nSPS) is 27.4. The monoisotopic (exact) mass is 443 g/mol. The molecule has 0 bridgehead atoms. The lowest BCUT2D eigenvalue weighted by Crippen LogP contribution is -2.69. The number of pyridine rings is 1. The van der Waals surface area contributed by atoms with E-state index in [9.17, 15) is 13.2 Å². The van der Waals surface area contributed by atoms with Gasteiger partial charge in [0.1, 0.15) is 4.75 Å². The second kappa shape index (κ2) is 6.85. The van der Waals surface area contributed by atoms with E-state index in [0.717, 1.165) is 24.1 Å². The molecule has 0 radical (unpaired) electrons. The van der Waals surface area contributed by atoms with Crippen LogP contribution in [0.5, 0.6) is 0 Å². The van der Waals surface area contributed by atoms with Crippen molar-refractivity contribution in [1.29, 1.82) is 0 Å². The number of aromatic nitrogens is 1. The Hall–Kier alpha value is -1.03. The van der Waals surface area contributed by atoms with Crippen LogP contribution in [0.25, 0.3) is 0 Å². The highest BCUT2D eigenvalue weighted by molar-refractivity contribution is 9.10. The molecule has 4 rings (SSSR count). The molecule has 26 heavy (non-hydrogen) atoms. The fourth-order valence-electron chi connectivity index (χ4n) is 4.28. The van der Waals surface area contributed by atoms with Crippen LogP contribution in [0.1, 0.15) is 16.8 Å². The van der Waals surface area contributed by atoms with Gasteiger partial charge in [-0.3, -0.25) is 14.7 Å². The van der Waals surface area contributed by atoms with Crippen LogP contribution in [-0.4, -0.2) is 85.5 Å². The summed E-state index contributed by atoms with van der Waals surface area (Å²) in [7, 11) is -3.18. The van der Waals surface area contributed by atoms with Gasteiger partial charge in [0.05, 0.1) is 24.5 Å². The van der Waals surface area contributed by atoms with Crippen LogP contribution >= 0.6 is 15.9 Å². The van der Waals surface area contributed by atoms with Crippen molar-refractivity contribution in [2.75, 3.05) is 51.7 Å². The van der Waals surface area contributed by atoms with Gasteiger partial charge >= 0.3 is 0 Å². The number of morpholine rings is 1. The van der Waals surface area contributed by atoms with Gasteiger partial charge in [-0.25, -0.2) is 8.42 Å². The highest BCUT2D eigenvalue weighted by atomic mass is 79.9. The van der Waals surface area contributed by atoms with Crippen LogP contribution in [0, 0.1) is 5.92 Å². The molecule has 1 spiro atoms. The Morgan fingerprint density at radius 2 is 2.04 bits per heavy atom. The van der Waals surface area contributed by atoms with Gasteiger partial charge in [0, 0.05) is 49.6 Å². The van der Waals surface area contributed by atoms with E-state index in [1.54, 1.807) is 17.2 Å². The molecule has 0 saturated carbocycles. The van der Waals surface area contributed by atoms with Crippen molar-refractivity contribution in [3.05, 3.63) is 28.5 Å². The fraction of sp³-hybridized carbons (Fsp3) is 0.647. The molecule has 1 atom stereocenters. The van der Waals surface area contributed by atoms with Crippen LogP contribution < -0.4 is 0 Å². The second-order valence-corrected chi connectivity index (χ2v) is 10.7. The second-order valence-electron chi connectivity index (χ2n) is 7.34. The van der Waals surface area contributed by atoms with E-state index < -0.39 is 14.6 Å². The van der Waals surface area contributed by atoms with Gasteiger partial charge in [0.2, 0.25) is 0 Å². The molecule has 9 heteroatoms. The number of hydrogen-bond donors (Lipinski definition) is 0. The number of hydrogen-bond acceptors (Lipinski definition) is 6. The molecular weight excluding hydrogens is 422 g/mol. The number of sulfone groups is 1. The lowest BCUT2D eigenvalue weighted by atomic mass is 9.82. The van der Waals surface area contributed by atoms with Crippen molar-refractivity contribution in [3.63, 3.8) is 0 Å². The van der Waals surface area contributed by atoms with E-state index in [1.807, 2.05) is 0 Å². The quantitative estimate of drug-likeness (QED) is 0.687. The van der Waals surface area contributed by atoms with Gasteiger partial charge in [0.25, 0.3) is 5.91 Å². The lowest BCUT2D eigenvalue weighted by Gasteiger charge is -2.50. The molecule has 1 unspecified atom stereocenters. The summed E-state index contributed by atoms with van der Waals surface area (Å²) in [6.45, 7) is 4.44. The van der Waals surface area contributed by atoms with E-state index in [4.69, 9.17) is 4.74 Å². The Morgan fingerprint density at radius 1 is 1.31 bits per heavy atom. The number of carbonyl (C=O) groups is 1. The molecule has 3 saturated heterocycles. The molecule has 0 N–H and O–H groups in total. The molecule has 3 aliphatic heterocycles. The summed E-state index contributed by atoms with van der Waals surface area (Å²) in [5.41, 5.74) is 0.481. The minimum Gasteiger partial charge on any atom is -0.379 e. The molecular formula is C17H22BrN3O4S. The van der Waals surface area contributed by atoms with E-state index in [1.165, 1.54) is 6.20 Å². The Labute approximate surface area is 161 Å². The summed E-state index contributed by atoms with van der Waals surface area (Å²) in [5.74, 6) is 0.148. The summed E-state index contributed by atoms with van der Waals surface area (Å²) in [5, 5.41) is 0. The zero-order valence-electron chi connectivity index (χ0n) is 14.4. The number of likely N-dealkylation sites (tertiary alicyclic amines) is 1. The summed E-state index contributed by atoms with van der Waals surface area (Å²) < 4.78 is 30.9. The zero-order chi connectivity index (χ0) is 18.4. The predicted molar refractivity (Wildman–Crippen MR) is 99.7 cm³/mol. The van der Waals surface area contributed by atoms with E-state index in [-0.39, 0.29) is 30.7 Å². The van der Waals surface area contributed by atoms with Crippen molar-refractivity contribution in [1.82, 2.24) is 14.8 Å². The average Bonchev–Trinajstić information content (AvgIpc) is 2.84. The van der Waals surface area contributed by atoms with Gasteiger partial charge in [-0.05, 0) is 34.3 Å². The minimum absolute atomic E-state index is 0.0790. The first-order valence-corrected chi connectivity index (χ1v) is 11.3. The number of rotatable bonds is 3. The van der Waals surface area contributed by atoms with Crippen LogP contribution in [-0.2, 0) is 14.6 Å². The minimum atomic E-state index is -3.18. The zero-order valence-corrected chi connectivity index (χ0v) is 16.8. The highest BCUT2D eigenvalue weighted by Gasteiger charge is 2.62. The third-order valence-electron chi connectivity index (χ3n) is 5.84. The fourth-order valence-corrected chi connectivity index (χ4v) is 7.05. The smallest absolute Gasteiger partial charge is 0.255 e. The lowest BCUT2D eigenvalue weighted by molar-refractivity contribution is 0.0140. The van der Waals surface area contributed by atoms with Gasteiger partial charge in [-0.1, -0.05) is 0 Å². The van der Waals surface area contributed by atoms with Crippen LogP contribution in [0.3, 0.4) is 0 Å². The summed E-state index contributed by atoms with van der Waals surface area (Å²) in [6, 6.07) is 1.72.